The van der Waals surface area contributed by atoms with Gasteiger partial charge >= 0.3 is 5.97 Å². The highest BCUT2D eigenvalue weighted by molar-refractivity contribution is 5.68. The molecule has 1 unspecified atom stereocenters. The second kappa shape index (κ2) is 4.61. The molecule has 0 aliphatic carbocycles. The molecule has 2 rings (SSSR count). The van der Waals surface area contributed by atoms with Crippen molar-refractivity contribution in [3.63, 3.8) is 0 Å². The SMILES string of the molecule is O=C(O)CC(c1ccccc1)c1cnco1. The van der Waals surface area contributed by atoms with Crippen molar-refractivity contribution in [2.45, 2.75) is 12.3 Å². The van der Waals surface area contributed by atoms with Crippen LogP contribution in [0.15, 0.2) is 47.3 Å². The number of rotatable bonds is 4. The standard InChI is InChI=1S/C12H11NO3/c14-12(15)6-10(11-7-13-8-16-11)9-4-2-1-3-5-9/h1-5,7-8,10H,6H2,(H,14,15). The molecule has 0 saturated heterocycles. The summed E-state index contributed by atoms with van der Waals surface area (Å²) < 4.78 is 5.18. The highest BCUT2D eigenvalue weighted by Crippen LogP contribution is 2.27. The van der Waals surface area contributed by atoms with Gasteiger partial charge in [-0.1, -0.05) is 30.3 Å². The van der Waals surface area contributed by atoms with E-state index in [1.807, 2.05) is 30.3 Å². The number of hydrogen-bond donors (Lipinski definition) is 1. The third-order valence-electron chi connectivity index (χ3n) is 2.38. The molecule has 2 aromatic rings. The number of aliphatic carboxylic acids is 1. The van der Waals surface area contributed by atoms with Crippen LogP contribution < -0.4 is 0 Å². The molecule has 0 aliphatic rings. The quantitative estimate of drug-likeness (QED) is 0.853. The Balaban J connectivity index is 2.32. The summed E-state index contributed by atoms with van der Waals surface area (Å²) in [6, 6.07) is 9.41. The van der Waals surface area contributed by atoms with E-state index in [1.165, 1.54) is 6.39 Å². The predicted octanol–water partition coefficient (Wildman–Crippen LogP) is 2.28. The largest absolute Gasteiger partial charge is 0.481 e. The summed E-state index contributed by atoms with van der Waals surface area (Å²) in [6.45, 7) is 0. The minimum Gasteiger partial charge on any atom is -0.481 e. The third kappa shape index (κ3) is 2.28. The molecule has 4 nitrogen and oxygen atoms in total. The first kappa shape index (κ1) is 10.4. The first-order valence-electron chi connectivity index (χ1n) is 4.92. The molecule has 16 heavy (non-hydrogen) atoms. The van der Waals surface area contributed by atoms with Gasteiger partial charge in [-0.15, -0.1) is 0 Å². The lowest BCUT2D eigenvalue weighted by atomic mass is 9.94. The van der Waals surface area contributed by atoms with Crippen LogP contribution in [0, 0.1) is 0 Å². The molecule has 1 N–H and O–H groups in total. The van der Waals surface area contributed by atoms with E-state index >= 15 is 0 Å². The monoisotopic (exact) mass is 217 g/mol. The smallest absolute Gasteiger partial charge is 0.304 e. The van der Waals surface area contributed by atoms with E-state index in [0.29, 0.717) is 5.76 Å². The van der Waals surface area contributed by atoms with Crippen LogP contribution in [0.2, 0.25) is 0 Å². The summed E-state index contributed by atoms with van der Waals surface area (Å²) in [5.74, 6) is -0.556. The number of oxazole rings is 1. The molecule has 4 heteroatoms. The Bertz CT molecular complexity index is 450. The van der Waals surface area contributed by atoms with Crippen LogP contribution in [0.25, 0.3) is 0 Å². The van der Waals surface area contributed by atoms with Crippen molar-refractivity contribution >= 4 is 5.97 Å². The Labute approximate surface area is 92.6 Å². The van der Waals surface area contributed by atoms with Crippen molar-refractivity contribution in [2.24, 2.45) is 0 Å². The first-order chi connectivity index (χ1) is 7.77. The summed E-state index contributed by atoms with van der Waals surface area (Å²) in [4.78, 5) is 14.6. The maximum atomic E-state index is 10.8. The van der Waals surface area contributed by atoms with Gasteiger partial charge in [-0.05, 0) is 5.56 Å². The molecule has 1 aromatic carbocycles. The summed E-state index contributed by atoms with van der Waals surface area (Å²) in [5, 5.41) is 8.88. The average Bonchev–Trinajstić information content (AvgIpc) is 2.80. The van der Waals surface area contributed by atoms with E-state index in [1.54, 1.807) is 6.20 Å². The van der Waals surface area contributed by atoms with Gasteiger partial charge in [0.25, 0.3) is 0 Å². The van der Waals surface area contributed by atoms with Gasteiger partial charge in [0.1, 0.15) is 5.76 Å². The summed E-state index contributed by atoms with van der Waals surface area (Å²) >= 11 is 0. The Kier molecular flexibility index (Phi) is 3.00. The summed E-state index contributed by atoms with van der Waals surface area (Å²) in [6.07, 6.45) is 2.87. The molecule has 1 aromatic heterocycles. The van der Waals surface area contributed by atoms with Crippen molar-refractivity contribution in [1.82, 2.24) is 4.98 Å². The molecule has 0 saturated carbocycles. The van der Waals surface area contributed by atoms with Gasteiger partial charge in [-0.2, -0.15) is 0 Å². The zero-order valence-electron chi connectivity index (χ0n) is 8.54. The fourth-order valence-electron chi connectivity index (χ4n) is 1.64. The van der Waals surface area contributed by atoms with Crippen molar-refractivity contribution in [3.05, 3.63) is 54.2 Å². The second-order valence-corrected chi connectivity index (χ2v) is 3.46. The molecule has 0 aliphatic heterocycles. The number of hydrogen-bond acceptors (Lipinski definition) is 3. The zero-order chi connectivity index (χ0) is 11.4. The third-order valence-corrected chi connectivity index (χ3v) is 2.38. The van der Waals surface area contributed by atoms with Gasteiger partial charge < -0.3 is 9.52 Å². The van der Waals surface area contributed by atoms with Crippen LogP contribution in [0.5, 0.6) is 0 Å². The van der Waals surface area contributed by atoms with Crippen LogP contribution in [0.1, 0.15) is 23.7 Å². The van der Waals surface area contributed by atoms with Crippen molar-refractivity contribution in [1.29, 1.82) is 0 Å². The molecule has 0 fully saturated rings. The minimum atomic E-state index is -0.856. The van der Waals surface area contributed by atoms with Gasteiger partial charge in [-0.3, -0.25) is 4.79 Å². The first-order valence-corrected chi connectivity index (χ1v) is 4.92. The van der Waals surface area contributed by atoms with Gasteiger partial charge in [0.2, 0.25) is 0 Å². The highest BCUT2D eigenvalue weighted by Gasteiger charge is 2.20. The fraction of sp³-hybridized carbons (Fsp3) is 0.167. The molecular formula is C12H11NO3. The average molecular weight is 217 g/mol. The van der Waals surface area contributed by atoms with Crippen molar-refractivity contribution in [3.8, 4) is 0 Å². The number of carbonyl (C=O) groups is 1. The molecule has 0 radical (unpaired) electrons. The van der Waals surface area contributed by atoms with Crippen LogP contribution in [0.4, 0.5) is 0 Å². The fourth-order valence-corrected chi connectivity index (χ4v) is 1.64. The molecule has 0 amide bonds. The molecule has 1 atom stereocenters. The Morgan fingerprint density at radius 3 is 2.69 bits per heavy atom. The van der Waals surface area contributed by atoms with Crippen LogP contribution in [0.3, 0.4) is 0 Å². The number of carboxylic acid groups (broad SMARTS) is 1. The normalized spacial score (nSPS) is 12.2. The van der Waals surface area contributed by atoms with Gasteiger partial charge in [0, 0.05) is 0 Å². The second-order valence-electron chi connectivity index (χ2n) is 3.46. The van der Waals surface area contributed by atoms with Gasteiger partial charge in [0.05, 0.1) is 18.5 Å². The van der Waals surface area contributed by atoms with Gasteiger partial charge in [-0.25, -0.2) is 4.98 Å². The number of nitrogens with zero attached hydrogens (tertiary/aromatic N) is 1. The van der Waals surface area contributed by atoms with E-state index in [2.05, 4.69) is 4.98 Å². The Hall–Kier alpha value is -2.10. The molecule has 0 bridgehead atoms. The molecular weight excluding hydrogens is 206 g/mol. The lowest BCUT2D eigenvalue weighted by molar-refractivity contribution is -0.137. The van der Waals surface area contributed by atoms with E-state index in [9.17, 15) is 4.79 Å². The minimum absolute atomic E-state index is 0.000787. The van der Waals surface area contributed by atoms with Crippen LogP contribution in [-0.2, 0) is 4.79 Å². The molecule has 0 spiro atoms. The summed E-state index contributed by atoms with van der Waals surface area (Å²) in [5.41, 5.74) is 0.918. The Morgan fingerprint density at radius 2 is 2.12 bits per heavy atom. The van der Waals surface area contributed by atoms with E-state index < -0.39 is 5.97 Å². The molecule has 82 valence electrons. The maximum absolute atomic E-state index is 10.8. The van der Waals surface area contributed by atoms with Crippen molar-refractivity contribution in [2.75, 3.05) is 0 Å². The number of aromatic nitrogens is 1. The Morgan fingerprint density at radius 1 is 1.38 bits per heavy atom. The summed E-state index contributed by atoms with van der Waals surface area (Å²) in [7, 11) is 0. The lowest BCUT2D eigenvalue weighted by Gasteiger charge is -2.11. The highest BCUT2D eigenvalue weighted by atomic mass is 16.4. The maximum Gasteiger partial charge on any atom is 0.304 e. The van der Waals surface area contributed by atoms with Gasteiger partial charge in [0.15, 0.2) is 6.39 Å². The lowest BCUT2D eigenvalue weighted by Crippen LogP contribution is -2.07. The number of benzene rings is 1. The van der Waals surface area contributed by atoms with Crippen LogP contribution in [-0.4, -0.2) is 16.1 Å². The predicted molar refractivity (Wildman–Crippen MR) is 57.0 cm³/mol. The topological polar surface area (TPSA) is 63.3 Å². The van der Waals surface area contributed by atoms with Crippen LogP contribution >= 0.6 is 0 Å². The van der Waals surface area contributed by atoms with E-state index in [4.69, 9.17) is 9.52 Å². The van der Waals surface area contributed by atoms with E-state index in [0.717, 1.165) is 5.56 Å². The number of carboxylic acids is 1. The van der Waals surface area contributed by atoms with E-state index in [-0.39, 0.29) is 12.3 Å². The zero-order valence-corrected chi connectivity index (χ0v) is 8.54. The molecule has 1 heterocycles. The van der Waals surface area contributed by atoms with Crippen molar-refractivity contribution < 1.29 is 14.3 Å².